The first-order valence-electron chi connectivity index (χ1n) is 8.64. The van der Waals surface area contributed by atoms with E-state index in [1.54, 1.807) is 43.5 Å². The number of fused-ring (bicyclic) bond motifs is 1. The molecule has 0 aliphatic heterocycles. The lowest BCUT2D eigenvalue weighted by atomic mass is 9.84. The van der Waals surface area contributed by atoms with Crippen LogP contribution in [0.4, 0.5) is 0 Å². The fourth-order valence-corrected chi connectivity index (χ4v) is 3.11. The molecule has 4 rings (SSSR count). The Bertz CT molecular complexity index is 1020. The highest BCUT2D eigenvalue weighted by Gasteiger charge is 2.26. The number of para-hydroxylation sites is 1. The molecular formula is C20H19N3O3. The third-order valence-electron chi connectivity index (χ3n) is 4.84. The topological polar surface area (TPSA) is 73.2 Å². The lowest BCUT2D eigenvalue weighted by Gasteiger charge is -2.27. The molecule has 6 nitrogen and oxygen atoms in total. The number of hydrogen-bond acceptors (Lipinski definition) is 4. The van der Waals surface area contributed by atoms with Gasteiger partial charge in [0.05, 0.1) is 18.0 Å². The van der Waals surface area contributed by atoms with Gasteiger partial charge in [-0.05, 0) is 49.2 Å². The molecular weight excluding hydrogens is 330 g/mol. The van der Waals surface area contributed by atoms with Crippen LogP contribution in [0.15, 0.2) is 53.3 Å². The van der Waals surface area contributed by atoms with Gasteiger partial charge in [0.2, 0.25) is 0 Å². The minimum absolute atomic E-state index is 0.198. The van der Waals surface area contributed by atoms with E-state index in [0.717, 1.165) is 19.3 Å². The largest absolute Gasteiger partial charge is 0.497 e. The van der Waals surface area contributed by atoms with Crippen molar-refractivity contribution in [2.75, 3.05) is 12.5 Å². The Morgan fingerprint density at radius 3 is 2.54 bits per heavy atom. The second-order valence-electron chi connectivity index (χ2n) is 6.42. The van der Waals surface area contributed by atoms with E-state index in [0.29, 0.717) is 28.0 Å². The molecule has 0 spiro atoms. The molecule has 1 aromatic heterocycles. The number of benzene rings is 2. The third kappa shape index (κ3) is 2.83. The maximum atomic E-state index is 12.9. The molecule has 1 aliphatic carbocycles. The Labute approximate surface area is 150 Å². The first-order chi connectivity index (χ1) is 12.7. The van der Waals surface area contributed by atoms with Crippen LogP contribution >= 0.6 is 0 Å². The average molecular weight is 349 g/mol. The molecule has 3 aromatic rings. The van der Waals surface area contributed by atoms with E-state index in [-0.39, 0.29) is 17.4 Å². The Balaban J connectivity index is 1.75. The van der Waals surface area contributed by atoms with E-state index in [1.165, 1.54) is 4.68 Å². The van der Waals surface area contributed by atoms with Gasteiger partial charge in [0.1, 0.15) is 11.6 Å². The standard InChI is InChI=1S/C20H19N3O3/c1-26-15-11-9-14(10-12-15)19(24)22-23-18(13-5-4-6-13)21-17-8-3-2-7-16(17)20(23)25/h2-3,7-13H,4-6H2,1H3,(H,22,24). The summed E-state index contributed by atoms with van der Waals surface area (Å²) in [6.45, 7) is 0. The van der Waals surface area contributed by atoms with Crippen molar-refractivity contribution >= 4 is 16.8 Å². The molecule has 1 N–H and O–H groups in total. The van der Waals surface area contributed by atoms with Gasteiger partial charge >= 0.3 is 0 Å². The number of nitrogens with zero attached hydrogens (tertiary/aromatic N) is 2. The minimum Gasteiger partial charge on any atom is -0.497 e. The fourth-order valence-electron chi connectivity index (χ4n) is 3.11. The number of carbonyl (C=O) groups is 1. The maximum Gasteiger partial charge on any atom is 0.280 e. The average Bonchev–Trinajstić information content (AvgIpc) is 2.63. The quantitative estimate of drug-likeness (QED) is 0.786. The Morgan fingerprint density at radius 2 is 1.88 bits per heavy atom. The molecule has 1 aliphatic rings. The van der Waals surface area contributed by atoms with Crippen LogP contribution in [0.3, 0.4) is 0 Å². The zero-order chi connectivity index (χ0) is 18.1. The van der Waals surface area contributed by atoms with Gasteiger partial charge in [-0.1, -0.05) is 18.6 Å². The summed E-state index contributed by atoms with van der Waals surface area (Å²) >= 11 is 0. The highest BCUT2D eigenvalue weighted by atomic mass is 16.5. The van der Waals surface area contributed by atoms with Gasteiger partial charge in [-0.15, -0.1) is 0 Å². The third-order valence-corrected chi connectivity index (χ3v) is 4.84. The van der Waals surface area contributed by atoms with Crippen molar-refractivity contribution in [1.82, 2.24) is 9.66 Å². The van der Waals surface area contributed by atoms with Crippen molar-refractivity contribution in [3.63, 3.8) is 0 Å². The zero-order valence-electron chi connectivity index (χ0n) is 14.4. The summed E-state index contributed by atoms with van der Waals surface area (Å²) in [6, 6.07) is 14.0. The summed E-state index contributed by atoms with van der Waals surface area (Å²) in [5, 5.41) is 0.491. The SMILES string of the molecule is COc1ccc(C(=O)Nn2c(C3CCC3)nc3ccccc3c2=O)cc1. The van der Waals surface area contributed by atoms with Gasteiger partial charge in [-0.3, -0.25) is 15.0 Å². The van der Waals surface area contributed by atoms with Crippen molar-refractivity contribution in [2.45, 2.75) is 25.2 Å². The van der Waals surface area contributed by atoms with Gasteiger partial charge in [-0.2, -0.15) is 0 Å². The summed E-state index contributed by atoms with van der Waals surface area (Å²) < 4.78 is 6.43. The molecule has 6 heteroatoms. The van der Waals surface area contributed by atoms with E-state index in [4.69, 9.17) is 4.74 Å². The molecule has 132 valence electrons. The molecule has 1 heterocycles. The molecule has 0 unspecified atom stereocenters. The Morgan fingerprint density at radius 1 is 1.15 bits per heavy atom. The number of rotatable bonds is 4. The lowest BCUT2D eigenvalue weighted by molar-refractivity contribution is 0.100. The number of nitrogens with one attached hydrogen (secondary N) is 1. The number of hydrogen-bond donors (Lipinski definition) is 1. The summed E-state index contributed by atoms with van der Waals surface area (Å²) in [5.41, 5.74) is 3.60. The number of methoxy groups -OCH3 is 1. The second kappa shape index (κ2) is 6.63. The normalized spacial score (nSPS) is 14.0. The highest BCUT2D eigenvalue weighted by Crippen LogP contribution is 2.35. The predicted octanol–water partition coefficient (Wildman–Crippen LogP) is 3.06. The van der Waals surface area contributed by atoms with Crippen LogP contribution in [0.1, 0.15) is 41.4 Å². The van der Waals surface area contributed by atoms with Crippen LogP contribution in [0.5, 0.6) is 5.75 Å². The lowest BCUT2D eigenvalue weighted by Crippen LogP contribution is -2.38. The number of amides is 1. The van der Waals surface area contributed by atoms with Gasteiger partial charge in [0.25, 0.3) is 11.5 Å². The van der Waals surface area contributed by atoms with Gasteiger partial charge in [-0.25, -0.2) is 9.66 Å². The van der Waals surface area contributed by atoms with E-state index < -0.39 is 0 Å². The van der Waals surface area contributed by atoms with Crippen molar-refractivity contribution in [2.24, 2.45) is 0 Å². The summed E-state index contributed by atoms with van der Waals surface area (Å²) in [7, 11) is 1.57. The van der Waals surface area contributed by atoms with Crippen LogP contribution in [0.2, 0.25) is 0 Å². The fraction of sp³-hybridized carbons (Fsp3) is 0.250. The number of ether oxygens (including phenoxy) is 1. The van der Waals surface area contributed by atoms with E-state index in [2.05, 4.69) is 10.4 Å². The monoisotopic (exact) mass is 349 g/mol. The van der Waals surface area contributed by atoms with Crippen molar-refractivity contribution in [3.05, 3.63) is 70.3 Å². The maximum absolute atomic E-state index is 12.9. The minimum atomic E-state index is -0.354. The van der Waals surface area contributed by atoms with Crippen molar-refractivity contribution < 1.29 is 9.53 Å². The molecule has 26 heavy (non-hydrogen) atoms. The molecule has 0 radical (unpaired) electrons. The van der Waals surface area contributed by atoms with Gasteiger partial charge < -0.3 is 4.74 Å². The number of carbonyl (C=O) groups excluding carboxylic acids is 1. The Kier molecular flexibility index (Phi) is 4.16. The molecule has 0 atom stereocenters. The summed E-state index contributed by atoms with van der Waals surface area (Å²) in [6.07, 6.45) is 3.06. The smallest absolute Gasteiger partial charge is 0.280 e. The van der Waals surface area contributed by atoms with E-state index >= 15 is 0 Å². The van der Waals surface area contributed by atoms with E-state index in [1.807, 2.05) is 12.1 Å². The first-order valence-corrected chi connectivity index (χ1v) is 8.64. The van der Waals surface area contributed by atoms with E-state index in [9.17, 15) is 9.59 Å². The molecule has 1 saturated carbocycles. The Hall–Kier alpha value is -3.15. The van der Waals surface area contributed by atoms with Crippen LogP contribution in [-0.2, 0) is 0 Å². The van der Waals surface area contributed by atoms with Crippen LogP contribution in [0.25, 0.3) is 10.9 Å². The zero-order valence-corrected chi connectivity index (χ0v) is 14.4. The summed E-state index contributed by atoms with van der Waals surface area (Å²) in [5.74, 6) is 1.14. The van der Waals surface area contributed by atoms with Crippen LogP contribution in [-0.4, -0.2) is 22.7 Å². The van der Waals surface area contributed by atoms with Crippen molar-refractivity contribution in [1.29, 1.82) is 0 Å². The molecule has 0 saturated heterocycles. The molecule has 1 amide bonds. The highest BCUT2D eigenvalue weighted by molar-refractivity contribution is 6.00. The molecule has 1 fully saturated rings. The van der Waals surface area contributed by atoms with Crippen molar-refractivity contribution in [3.8, 4) is 5.75 Å². The first kappa shape index (κ1) is 16.3. The predicted molar refractivity (Wildman–Crippen MR) is 99.3 cm³/mol. The van der Waals surface area contributed by atoms with Gasteiger partial charge in [0.15, 0.2) is 0 Å². The molecule has 2 aromatic carbocycles. The van der Waals surface area contributed by atoms with Gasteiger partial charge in [0, 0.05) is 11.5 Å². The second-order valence-corrected chi connectivity index (χ2v) is 6.42. The number of aromatic nitrogens is 2. The van der Waals surface area contributed by atoms with Crippen LogP contribution < -0.4 is 15.7 Å². The summed E-state index contributed by atoms with van der Waals surface area (Å²) in [4.78, 5) is 30.3. The molecule has 0 bridgehead atoms. The van der Waals surface area contributed by atoms with Crippen LogP contribution in [0, 0.1) is 0 Å².